The predicted octanol–water partition coefficient (Wildman–Crippen LogP) is 4.94. The molecule has 134 valence electrons. The molecule has 6 nitrogen and oxygen atoms in total. The monoisotopic (exact) mass is 370 g/mol. The lowest BCUT2D eigenvalue weighted by Gasteiger charge is -2.13. The van der Waals surface area contributed by atoms with Gasteiger partial charge in [-0.15, -0.1) is 0 Å². The first-order chi connectivity index (χ1) is 12.6. The molecule has 0 aliphatic heterocycles. The fourth-order valence-electron chi connectivity index (χ4n) is 2.43. The van der Waals surface area contributed by atoms with Gasteiger partial charge in [-0.05, 0) is 43.3 Å². The van der Waals surface area contributed by atoms with Gasteiger partial charge < -0.3 is 20.1 Å². The third-order valence-electron chi connectivity index (χ3n) is 3.62. The molecule has 0 aliphatic rings. The molecule has 0 radical (unpaired) electrons. The third kappa shape index (κ3) is 4.34. The molecule has 0 saturated carbocycles. The van der Waals surface area contributed by atoms with E-state index in [-0.39, 0.29) is 0 Å². The van der Waals surface area contributed by atoms with Crippen LogP contribution in [0.15, 0.2) is 48.5 Å². The van der Waals surface area contributed by atoms with Gasteiger partial charge in [0.05, 0.1) is 19.9 Å². The lowest BCUT2D eigenvalue weighted by Crippen LogP contribution is -2.02. The zero-order valence-electron chi connectivity index (χ0n) is 14.7. The maximum absolute atomic E-state index is 5.92. The Bertz CT molecular complexity index is 901. The van der Waals surface area contributed by atoms with Crippen LogP contribution in [0.1, 0.15) is 5.82 Å². The highest BCUT2D eigenvalue weighted by molar-refractivity contribution is 6.30. The van der Waals surface area contributed by atoms with Crippen molar-refractivity contribution in [3.05, 3.63) is 59.4 Å². The predicted molar refractivity (Wildman–Crippen MR) is 104 cm³/mol. The number of hydrogen-bond donors (Lipinski definition) is 2. The van der Waals surface area contributed by atoms with Crippen LogP contribution in [0.3, 0.4) is 0 Å². The zero-order chi connectivity index (χ0) is 18.5. The molecule has 3 aromatic rings. The van der Waals surface area contributed by atoms with Crippen molar-refractivity contribution in [1.82, 2.24) is 9.97 Å². The number of anilines is 4. The third-order valence-corrected chi connectivity index (χ3v) is 3.88. The number of benzene rings is 2. The lowest BCUT2D eigenvalue weighted by molar-refractivity contribution is 0.405. The first-order valence-electron chi connectivity index (χ1n) is 7.94. The van der Waals surface area contributed by atoms with Crippen molar-refractivity contribution in [2.75, 3.05) is 24.9 Å². The highest BCUT2D eigenvalue weighted by Crippen LogP contribution is 2.31. The summed E-state index contributed by atoms with van der Waals surface area (Å²) in [6, 6.07) is 14.8. The Morgan fingerprint density at radius 1 is 0.846 bits per heavy atom. The Morgan fingerprint density at radius 3 is 2.19 bits per heavy atom. The van der Waals surface area contributed by atoms with Gasteiger partial charge in [0, 0.05) is 22.8 Å². The van der Waals surface area contributed by atoms with E-state index in [4.69, 9.17) is 21.1 Å². The number of nitrogens with one attached hydrogen (secondary N) is 2. The normalized spacial score (nSPS) is 10.3. The van der Waals surface area contributed by atoms with Gasteiger partial charge in [0.15, 0.2) is 0 Å². The van der Waals surface area contributed by atoms with E-state index < -0.39 is 0 Å². The number of methoxy groups -OCH3 is 2. The summed E-state index contributed by atoms with van der Waals surface area (Å²) < 4.78 is 10.7. The Labute approximate surface area is 157 Å². The second-order valence-electron chi connectivity index (χ2n) is 5.51. The van der Waals surface area contributed by atoms with Gasteiger partial charge in [-0.2, -0.15) is 0 Å². The van der Waals surface area contributed by atoms with Crippen LogP contribution < -0.4 is 20.1 Å². The summed E-state index contributed by atoms with van der Waals surface area (Å²) in [7, 11) is 3.24. The van der Waals surface area contributed by atoms with Crippen LogP contribution in [0.5, 0.6) is 11.5 Å². The molecule has 26 heavy (non-hydrogen) atoms. The van der Waals surface area contributed by atoms with E-state index in [1.54, 1.807) is 14.2 Å². The summed E-state index contributed by atoms with van der Waals surface area (Å²) in [6.45, 7) is 1.83. The maximum Gasteiger partial charge on any atom is 0.142 e. The molecule has 0 fully saturated rings. The largest absolute Gasteiger partial charge is 0.497 e. The fourth-order valence-corrected chi connectivity index (χ4v) is 2.55. The van der Waals surface area contributed by atoms with E-state index in [0.717, 1.165) is 17.1 Å². The summed E-state index contributed by atoms with van der Waals surface area (Å²) in [5, 5.41) is 7.18. The van der Waals surface area contributed by atoms with Crippen molar-refractivity contribution in [2.45, 2.75) is 6.92 Å². The van der Waals surface area contributed by atoms with Crippen molar-refractivity contribution in [1.29, 1.82) is 0 Å². The Balaban J connectivity index is 1.87. The van der Waals surface area contributed by atoms with Crippen LogP contribution in [-0.2, 0) is 0 Å². The molecule has 0 aliphatic carbocycles. The van der Waals surface area contributed by atoms with E-state index in [1.807, 2.05) is 55.5 Å². The number of hydrogen-bond acceptors (Lipinski definition) is 6. The van der Waals surface area contributed by atoms with E-state index in [1.165, 1.54) is 0 Å². The van der Waals surface area contributed by atoms with Gasteiger partial charge in [0.2, 0.25) is 0 Å². The Kier molecular flexibility index (Phi) is 5.43. The minimum absolute atomic E-state index is 0.633. The molecule has 0 saturated heterocycles. The molecule has 1 heterocycles. The summed E-state index contributed by atoms with van der Waals surface area (Å²) in [6.07, 6.45) is 0. The van der Waals surface area contributed by atoms with Crippen molar-refractivity contribution < 1.29 is 9.47 Å². The number of rotatable bonds is 6. The molecule has 0 spiro atoms. The molecule has 2 aromatic carbocycles. The molecule has 1 aromatic heterocycles. The Hall–Kier alpha value is -2.99. The number of aromatic nitrogens is 2. The topological polar surface area (TPSA) is 68.3 Å². The SMILES string of the molecule is COc1ccc(OC)c(Nc2cc(Nc3ccc(Cl)cc3)nc(C)n2)c1. The van der Waals surface area contributed by atoms with E-state index in [0.29, 0.717) is 28.2 Å². The zero-order valence-corrected chi connectivity index (χ0v) is 15.5. The highest BCUT2D eigenvalue weighted by atomic mass is 35.5. The van der Waals surface area contributed by atoms with E-state index in [9.17, 15) is 0 Å². The van der Waals surface area contributed by atoms with Gasteiger partial charge in [-0.1, -0.05) is 11.6 Å². The summed E-state index contributed by atoms with van der Waals surface area (Å²) in [5.74, 6) is 3.35. The van der Waals surface area contributed by atoms with Crippen LogP contribution in [0.2, 0.25) is 5.02 Å². The van der Waals surface area contributed by atoms with Gasteiger partial charge in [-0.25, -0.2) is 9.97 Å². The number of aryl methyl sites for hydroxylation is 1. The van der Waals surface area contributed by atoms with Crippen molar-refractivity contribution >= 4 is 34.6 Å². The first-order valence-corrected chi connectivity index (χ1v) is 8.32. The van der Waals surface area contributed by atoms with Crippen LogP contribution in [-0.4, -0.2) is 24.2 Å². The van der Waals surface area contributed by atoms with Gasteiger partial charge in [0.25, 0.3) is 0 Å². The van der Waals surface area contributed by atoms with Gasteiger partial charge in [0.1, 0.15) is 29.0 Å². The average Bonchev–Trinajstić information content (AvgIpc) is 2.63. The molecular weight excluding hydrogens is 352 g/mol. The summed E-state index contributed by atoms with van der Waals surface area (Å²) >= 11 is 5.92. The van der Waals surface area contributed by atoms with Crippen LogP contribution in [0.25, 0.3) is 0 Å². The van der Waals surface area contributed by atoms with E-state index >= 15 is 0 Å². The molecule has 0 unspecified atom stereocenters. The molecule has 0 amide bonds. The number of halogens is 1. The smallest absolute Gasteiger partial charge is 0.142 e. The van der Waals surface area contributed by atoms with E-state index in [2.05, 4.69) is 20.6 Å². The minimum Gasteiger partial charge on any atom is -0.497 e. The van der Waals surface area contributed by atoms with Crippen LogP contribution in [0.4, 0.5) is 23.0 Å². The fraction of sp³-hybridized carbons (Fsp3) is 0.158. The molecular formula is C19H19ClN4O2. The van der Waals surface area contributed by atoms with Crippen LogP contribution in [0, 0.1) is 6.92 Å². The summed E-state index contributed by atoms with van der Waals surface area (Å²) in [4.78, 5) is 8.85. The highest BCUT2D eigenvalue weighted by Gasteiger charge is 2.08. The van der Waals surface area contributed by atoms with Crippen molar-refractivity contribution in [3.63, 3.8) is 0 Å². The Morgan fingerprint density at radius 2 is 1.54 bits per heavy atom. The molecule has 3 rings (SSSR count). The second kappa shape index (κ2) is 7.93. The first kappa shape index (κ1) is 17.8. The second-order valence-corrected chi connectivity index (χ2v) is 5.95. The lowest BCUT2D eigenvalue weighted by atomic mass is 10.2. The summed E-state index contributed by atoms with van der Waals surface area (Å²) in [5.41, 5.74) is 1.64. The average molecular weight is 371 g/mol. The van der Waals surface area contributed by atoms with Gasteiger partial charge in [-0.3, -0.25) is 0 Å². The minimum atomic E-state index is 0.633. The standard InChI is InChI=1S/C19H19ClN4O2/c1-12-21-18(23-14-6-4-13(20)5-7-14)11-19(22-12)24-16-10-15(25-2)8-9-17(16)26-3/h4-11H,1-3H3,(H2,21,22,23,24). The molecule has 0 atom stereocenters. The van der Waals surface area contributed by atoms with Crippen LogP contribution >= 0.6 is 11.6 Å². The molecule has 7 heteroatoms. The quantitative estimate of drug-likeness (QED) is 0.640. The number of nitrogens with zero attached hydrogens (tertiary/aromatic N) is 2. The molecule has 0 bridgehead atoms. The number of ether oxygens (including phenoxy) is 2. The van der Waals surface area contributed by atoms with Crippen molar-refractivity contribution in [2.24, 2.45) is 0 Å². The molecule has 2 N–H and O–H groups in total. The van der Waals surface area contributed by atoms with Crippen molar-refractivity contribution in [3.8, 4) is 11.5 Å². The van der Waals surface area contributed by atoms with Gasteiger partial charge >= 0.3 is 0 Å². The maximum atomic E-state index is 5.92.